The van der Waals surface area contributed by atoms with Gasteiger partial charge in [-0.2, -0.15) is 9.29 Å². The lowest BCUT2D eigenvalue weighted by Crippen LogP contribution is -2.44. The highest BCUT2D eigenvalue weighted by Gasteiger charge is 2.35. The number of amides is 1. The summed E-state index contributed by atoms with van der Waals surface area (Å²) in [6.07, 6.45) is 3.00. The van der Waals surface area contributed by atoms with E-state index in [1.165, 1.54) is 35.5 Å². The van der Waals surface area contributed by atoms with Crippen LogP contribution in [0.5, 0.6) is 0 Å². The maximum Gasteiger partial charge on any atom is 0.249 e. The first-order chi connectivity index (χ1) is 15.7. The summed E-state index contributed by atoms with van der Waals surface area (Å²) in [6.45, 7) is 5.92. The molecule has 1 saturated carbocycles. The van der Waals surface area contributed by atoms with Crippen molar-refractivity contribution in [2.75, 3.05) is 13.1 Å². The number of hydrogen-bond acceptors (Lipinski definition) is 7. The van der Waals surface area contributed by atoms with Gasteiger partial charge in [-0.15, -0.1) is 0 Å². The van der Waals surface area contributed by atoms with Crippen molar-refractivity contribution in [3.05, 3.63) is 41.5 Å². The molecule has 1 unspecified atom stereocenters. The standard InChI is InChI=1S/C23H30N4O5S/c1-14(2)20(23-25-21(26-32-23)17-4-5-17)24-22(29)18-10-12-27(13-11-18)33(30,31)19-8-6-16(7-9-19)15(3)28/h6-9,14,17-18,20H,4-5,10-13H2,1-3H3,(H,24,29). The number of aromatic nitrogens is 2. The van der Waals surface area contributed by atoms with Gasteiger partial charge in [-0.1, -0.05) is 31.1 Å². The van der Waals surface area contributed by atoms with Crippen LogP contribution in [-0.4, -0.2) is 47.6 Å². The van der Waals surface area contributed by atoms with Crippen molar-refractivity contribution in [2.24, 2.45) is 11.8 Å². The molecule has 2 aromatic rings. The van der Waals surface area contributed by atoms with Gasteiger partial charge < -0.3 is 9.84 Å². The molecule has 1 atom stereocenters. The number of sulfonamides is 1. The van der Waals surface area contributed by atoms with E-state index in [1.54, 1.807) is 0 Å². The highest BCUT2D eigenvalue weighted by Crippen LogP contribution is 2.38. The molecular formula is C23H30N4O5S. The molecule has 9 nitrogen and oxygen atoms in total. The Labute approximate surface area is 194 Å². The van der Waals surface area contributed by atoms with Gasteiger partial charge in [0.25, 0.3) is 0 Å². The fourth-order valence-electron chi connectivity index (χ4n) is 4.03. The van der Waals surface area contributed by atoms with Crippen molar-refractivity contribution < 1.29 is 22.5 Å². The van der Waals surface area contributed by atoms with Gasteiger partial charge in [-0.3, -0.25) is 9.59 Å². The van der Waals surface area contributed by atoms with Crippen molar-refractivity contribution in [1.82, 2.24) is 19.8 Å². The van der Waals surface area contributed by atoms with Crippen LogP contribution in [0.1, 0.15) is 80.5 Å². The molecule has 2 aliphatic rings. The molecule has 4 rings (SSSR count). The Morgan fingerprint density at radius 2 is 1.73 bits per heavy atom. The van der Waals surface area contributed by atoms with Crippen molar-refractivity contribution in [2.45, 2.75) is 63.3 Å². The van der Waals surface area contributed by atoms with Gasteiger partial charge in [0.05, 0.1) is 4.90 Å². The number of piperidine rings is 1. The number of ketones is 1. The minimum Gasteiger partial charge on any atom is -0.344 e. The lowest BCUT2D eigenvalue weighted by Gasteiger charge is -2.31. The highest BCUT2D eigenvalue weighted by molar-refractivity contribution is 7.89. The van der Waals surface area contributed by atoms with Crippen LogP contribution in [0.25, 0.3) is 0 Å². The molecule has 2 heterocycles. The molecule has 1 aromatic carbocycles. The third-order valence-corrected chi connectivity index (χ3v) is 8.27. The van der Waals surface area contributed by atoms with Gasteiger partial charge in [-0.25, -0.2) is 8.42 Å². The van der Waals surface area contributed by atoms with Crippen LogP contribution in [0.4, 0.5) is 0 Å². The molecule has 0 radical (unpaired) electrons. The molecule has 0 spiro atoms. The van der Waals surface area contributed by atoms with E-state index in [-0.39, 0.29) is 47.6 Å². The van der Waals surface area contributed by atoms with Crippen molar-refractivity contribution >= 4 is 21.7 Å². The summed E-state index contributed by atoms with van der Waals surface area (Å²) in [7, 11) is -3.68. The Hall–Kier alpha value is -2.59. The van der Waals surface area contributed by atoms with Crippen LogP contribution in [0.2, 0.25) is 0 Å². The van der Waals surface area contributed by atoms with Gasteiger partial charge in [0.2, 0.25) is 21.8 Å². The van der Waals surface area contributed by atoms with Crippen LogP contribution in [0, 0.1) is 11.8 Å². The fraction of sp³-hybridized carbons (Fsp3) is 0.565. The third-order valence-electron chi connectivity index (χ3n) is 6.35. The third kappa shape index (κ3) is 5.16. The number of carbonyl (C=O) groups excluding carboxylic acids is 2. The summed E-state index contributed by atoms with van der Waals surface area (Å²) in [5, 5.41) is 7.09. The lowest BCUT2D eigenvalue weighted by atomic mass is 9.95. The number of Topliss-reactive ketones (excluding diaryl/α,β-unsaturated/α-hetero) is 1. The quantitative estimate of drug-likeness (QED) is 0.583. The maximum absolute atomic E-state index is 13.0. The topological polar surface area (TPSA) is 122 Å². The largest absolute Gasteiger partial charge is 0.344 e. The Morgan fingerprint density at radius 1 is 1.09 bits per heavy atom. The van der Waals surface area contributed by atoms with E-state index in [0.717, 1.165) is 12.8 Å². The van der Waals surface area contributed by atoms with E-state index in [9.17, 15) is 18.0 Å². The minimum atomic E-state index is -3.68. The monoisotopic (exact) mass is 474 g/mol. The zero-order valence-electron chi connectivity index (χ0n) is 19.2. The van der Waals surface area contributed by atoms with E-state index < -0.39 is 10.0 Å². The molecular weight excluding hydrogens is 444 g/mol. The van der Waals surface area contributed by atoms with E-state index >= 15 is 0 Å². The van der Waals surface area contributed by atoms with Gasteiger partial charge in [0.1, 0.15) is 6.04 Å². The van der Waals surface area contributed by atoms with Crippen LogP contribution >= 0.6 is 0 Å². The number of nitrogens with one attached hydrogen (secondary N) is 1. The van der Waals surface area contributed by atoms with Gasteiger partial charge in [0, 0.05) is 30.5 Å². The fourth-order valence-corrected chi connectivity index (χ4v) is 5.50. The summed E-state index contributed by atoms with van der Waals surface area (Å²) < 4.78 is 32.8. The second-order valence-electron chi connectivity index (χ2n) is 9.25. The molecule has 1 aromatic heterocycles. The van der Waals surface area contributed by atoms with Crippen LogP contribution in [-0.2, 0) is 14.8 Å². The molecule has 1 aliphatic carbocycles. The molecule has 33 heavy (non-hydrogen) atoms. The SMILES string of the molecule is CC(=O)c1ccc(S(=O)(=O)N2CCC(C(=O)NC(c3nc(C4CC4)no3)C(C)C)CC2)cc1. The first kappa shape index (κ1) is 23.6. The number of carbonyl (C=O) groups is 2. The van der Waals surface area contributed by atoms with Crippen molar-refractivity contribution in [3.63, 3.8) is 0 Å². The molecule has 1 amide bonds. The summed E-state index contributed by atoms with van der Waals surface area (Å²) in [5.74, 6) is 1.05. The normalized spacial score (nSPS) is 18.9. The van der Waals surface area contributed by atoms with Gasteiger partial charge in [-0.05, 0) is 50.7 Å². The molecule has 10 heteroatoms. The second-order valence-corrected chi connectivity index (χ2v) is 11.2. The Morgan fingerprint density at radius 3 is 2.27 bits per heavy atom. The number of rotatable bonds is 8. The molecule has 178 valence electrons. The van der Waals surface area contributed by atoms with Crippen LogP contribution in [0.15, 0.2) is 33.7 Å². The van der Waals surface area contributed by atoms with E-state index in [2.05, 4.69) is 15.5 Å². The lowest BCUT2D eigenvalue weighted by molar-refractivity contribution is -0.127. The van der Waals surface area contributed by atoms with E-state index in [0.29, 0.717) is 36.0 Å². The zero-order valence-corrected chi connectivity index (χ0v) is 20.0. The average Bonchev–Trinajstić information content (AvgIpc) is 3.54. The zero-order chi connectivity index (χ0) is 23.8. The maximum atomic E-state index is 13.0. The summed E-state index contributed by atoms with van der Waals surface area (Å²) in [5.41, 5.74) is 0.467. The minimum absolute atomic E-state index is 0.0693. The second kappa shape index (κ2) is 9.34. The number of nitrogens with zero attached hydrogens (tertiary/aromatic N) is 3. The predicted molar refractivity (Wildman–Crippen MR) is 120 cm³/mol. The van der Waals surface area contributed by atoms with Crippen LogP contribution in [0.3, 0.4) is 0 Å². The first-order valence-electron chi connectivity index (χ1n) is 11.4. The number of hydrogen-bond donors (Lipinski definition) is 1. The van der Waals surface area contributed by atoms with E-state index in [1.807, 2.05) is 13.8 Å². The van der Waals surface area contributed by atoms with E-state index in [4.69, 9.17) is 4.52 Å². The summed E-state index contributed by atoms with van der Waals surface area (Å²) >= 11 is 0. The van der Waals surface area contributed by atoms with Gasteiger partial charge >= 0.3 is 0 Å². The molecule has 2 fully saturated rings. The molecule has 1 saturated heterocycles. The molecule has 0 bridgehead atoms. The Balaban J connectivity index is 1.37. The first-order valence-corrected chi connectivity index (χ1v) is 12.9. The summed E-state index contributed by atoms with van der Waals surface area (Å²) in [4.78, 5) is 29.0. The number of benzene rings is 1. The van der Waals surface area contributed by atoms with Crippen molar-refractivity contribution in [1.29, 1.82) is 0 Å². The Bertz CT molecular complexity index is 1110. The predicted octanol–water partition coefficient (Wildman–Crippen LogP) is 3.06. The van der Waals surface area contributed by atoms with Crippen molar-refractivity contribution in [3.8, 4) is 0 Å². The Kier molecular flexibility index (Phi) is 6.67. The van der Waals surface area contributed by atoms with Gasteiger partial charge in [0.15, 0.2) is 11.6 Å². The highest BCUT2D eigenvalue weighted by atomic mass is 32.2. The summed E-state index contributed by atoms with van der Waals surface area (Å²) in [6, 6.07) is 5.58. The molecule has 1 aliphatic heterocycles. The average molecular weight is 475 g/mol. The smallest absolute Gasteiger partial charge is 0.249 e. The van der Waals surface area contributed by atoms with Crippen LogP contribution < -0.4 is 5.32 Å². The molecule has 1 N–H and O–H groups in total.